The second-order valence-electron chi connectivity index (χ2n) is 7.39. The van der Waals surface area contributed by atoms with Crippen LogP contribution in [0.25, 0.3) is 0 Å². The molecule has 29 heavy (non-hydrogen) atoms. The first kappa shape index (κ1) is 19.1. The number of aryl methyl sites for hydroxylation is 1. The van der Waals surface area contributed by atoms with Crippen molar-refractivity contribution in [3.8, 4) is 0 Å². The second kappa shape index (κ2) is 8.87. The molecule has 0 bridgehead atoms. The van der Waals surface area contributed by atoms with Gasteiger partial charge in [0.2, 0.25) is 5.95 Å². The SMILES string of the molecule is Cc1cc(NCc2ccncc2)nc(Nc2ccc(N3CCN(C)CC3)cc2)n1. The first-order valence-electron chi connectivity index (χ1n) is 9.95. The van der Waals surface area contributed by atoms with Crippen LogP contribution in [-0.2, 0) is 6.54 Å². The van der Waals surface area contributed by atoms with Crippen LogP contribution in [-0.4, -0.2) is 53.1 Å². The smallest absolute Gasteiger partial charge is 0.229 e. The van der Waals surface area contributed by atoms with E-state index < -0.39 is 0 Å². The van der Waals surface area contributed by atoms with Crippen LogP contribution in [0.1, 0.15) is 11.3 Å². The van der Waals surface area contributed by atoms with Crippen LogP contribution >= 0.6 is 0 Å². The van der Waals surface area contributed by atoms with E-state index >= 15 is 0 Å². The Balaban J connectivity index is 1.40. The fourth-order valence-corrected chi connectivity index (χ4v) is 3.36. The summed E-state index contributed by atoms with van der Waals surface area (Å²) >= 11 is 0. The lowest BCUT2D eigenvalue weighted by Crippen LogP contribution is -2.44. The summed E-state index contributed by atoms with van der Waals surface area (Å²) in [5, 5.41) is 6.68. The van der Waals surface area contributed by atoms with Gasteiger partial charge < -0.3 is 20.4 Å². The van der Waals surface area contributed by atoms with E-state index in [2.05, 4.69) is 66.7 Å². The van der Waals surface area contributed by atoms with Crippen LogP contribution in [0.15, 0.2) is 54.9 Å². The number of hydrogen-bond donors (Lipinski definition) is 2. The van der Waals surface area contributed by atoms with Crippen LogP contribution in [0, 0.1) is 6.92 Å². The second-order valence-corrected chi connectivity index (χ2v) is 7.39. The molecule has 0 radical (unpaired) electrons. The Labute approximate surface area is 171 Å². The van der Waals surface area contributed by atoms with Gasteiger partial charge in [-0.25, -0.2) is 4.98 Å². The lowest BCUT2D eigenvalue weighted by atomic mass is 10.2. The Morgan fingerprint density at radius 1 is 0.931 bits per heavy atom. The highest BCUT2D eigenvalue weighted by atomic mass is 15.2. The summed E-state index contributed by atoms with van der Waals surface area (Å²) in [6, 6.07) is 14.4. The molecule has 3 heterocycles. The molecule has 2 aromatic heterocycles. The molecule has 0 saturated carbocycles. The zero-order valence-corrected chi connectivity index (χ0v) is 17.0. The van der Waals surface area contributed by atoms with Crippen LogP contribution in [0.5, 0.6) is 0 Å². The molecular formula is C22H27N7. The van der Waals surface area contributed by atoms with Crippen LogP contribution in [0.2, 0.25) is 0 Å². The number of likely N-dealkylation sites (N-methyl/N-ethyl adjacent to an activating group) is 1. The van der Waals surface area contributed by atoms with Gasteiger partial charge in [-0.1, -0.05) is 0 Å². The van der Waals surface area contributed by atoms with Crippen LogP contribution in [0.4, 0.5) is 23.1 Å². The topological polar surface area (TPSA) is 69.2 Å². The number of aromatic nitrogens is 3. The van der Waals surface area contributed by atoms with E-state index in [0.29, 0.717) is 12.5 Å². The summed E-state index contributed by atoms with van der Waals surface area (Å²) in [5.41, 5.74) is 4.31. The van der Waals surface area contributed by atoms with E-state index in [1.54, 1.807) is 12.4 Å². The Morgan fingerprint density at radius 2 is 1.66 bits per heavy atom. The van der Waals surface area contributed by atoms with Gasteiger partial charge in [-0.2, -0.15) is 4.98 Å². The minimum Gasteiger partial charge on any atom is -0.369 e. The fraction of sp³-hybridized carbons (Fsp3) is 0.318. The number of anilines is 4. The van der Waals surface area contributed by atoms with Crippen molar-refractivity contribution < 1.29 is 0 Å². The molecule has 1 saturated heterocycles. The molecule has 1 aromatic carbocycles. The number of nitrogens with one attached hydrogen (secondary N) is 2. The highest BCUT2D eigenvalue weighted by Gasteiger charge is 2.14. The van der Waals surface area contributed by atoms with Gasteiger partial charge in [0.25, 0.3) is 0 Å². The van der Waals surface area contributed by atoms with E-state index in [1.165, 1.54) is 5.69 Å². The third-order valence-electron chi connectivity index (χ3n) is 5.07. The number of pyridine rings is 1. The summed E-state index contributed by atoms with van der Waals surface area (Å²) in [4.78, 5) is 17.9. The average molecular weight is 390 g/mol. The Kier molecular flexibility index (Phi) is 5.86. The summed E-state index contributed by atoms with van der Waals surface area (Å²) in [7, 11) is 2.17. The zero-order valence-electron chi connectivity index (χ0n) is 17.0. The molecule has 1 fully saturated rings. The third-order valence-corrected chi connectivity index (χ3v) is 5.07. The predicted molar refractivity (Wildman–Crippen MR) is 118 cm³/mol. The number of hydrogen-bond acceptors (Lipinski definition) is 7. The number of piperazine rings is 1. The average Bonchev–Trinajstić information content (AvgIpc) is 2.74. The monoisotopic (exact) mass is 389 g/mol. The lowest BCUT2D eigenvalue weighted by molar-refractivity contribution is 0.313. The normalized spacial score (nSPS) is 14.6. The van der Waals surface area contributed by atoms with Gasteiger partial charge >= 0.3 is 0 Å². The maximum atomic E-state index is 4.60. The Bertz CT molecular complexity index is 920. The van der Waals surface area contributed by atoms with Gasteiger partial charge in [-0.05, 0) is 55.9 Å². The van der Waals surface area contributed by atoms with Gasteiger partial charge in [0, 0.05) is 68.3 Å². The number of benzene rings is 1. The maximum absolute atomic E-state index is 4.60. The molecule has 0 aliphatic carbocycles. The summed E-state index contributed by atoms with van der Waals surface area (Å²) in [6.45, 7) is 7.01. The van der Waals surface area contributed by atoms with Crippen molar-refractivity contribution in [1.29, 1.82) is 0 Å². The lowest BCUT2D eigenvalue weighted by Gasteiger charge is -2.34. The molecule has 0 unspecified atom stereocenters. The highest BCUT2D eigenvalue weighted by Crippen LogP contribution is 2.22. The summed E-state index contributed by atoms with van der Waals surface area (Å²) in [6.07, 6.45) is 3.59. The number of nitrogens with zero attached hydrogens (tertiary/aromatic N) is 5. The van der Waals surface area contributed by atoms with Crippen molar-refractivity contribution >= 4 is 23.1 Å². The molecule has 1 aliphatic rings. The number of rotatable bonds is 6. The molecular weight excluding hydrogens is 362 g/mol. The Hall–Kier alpha value is -3.19. The van der Waals surface area contributed by atoms with Crippen molar-refractivity contribution in [3.63, 3.8) is 0 Å². The highest BCUT2D eigenvalue weighted by molar-refractivity contribution is 5.60. The minimum atomic E-state index is 0.592. The molecule has 3 aromatic rings. The fourth-order valence-electron chi connectivity index (χ4n) is 3.36. The van der Waals surface area contributed by atoms with Gasteiger partial charge in [0.05, 0.1) is 0 Å². The van der Waals surface area contributed by atoms with Gasteiger partial charge in [-0.15, -0.1) is 0 Å². The van der Waals surface area contributed by atoms with Gasteiger partial charge in [0.15, 0.2) is 0 Å². The molecule has 2 N–H and O–H groups in total. The molecule has 7 nitrogen and oxygen atoms in total. The van der Waals surface area contributed by atoms with Crippen LogP contribution < -0.4 is 15.5 Å². The van der Waals surface area contributed by atoms with E-state index in [-0.39, 0.29) is 0 Å². The van der Waals surface area contributed by atoms with Crippen molar-refractivity contribution in [2.75, 3.05) is 48.8 Å². The summed E-state index contributed by atoms with van der Waals surface area (Å²) in [5.74, 6) is 1.39. The molecule has 150 valence electrons. The molecule has 0 spiro atoms. The van der Waals surface area contributed by atoms with E-state index in [9.17, 15) is 0 Å². The standard InChI is InChI=1S/C22H27N7/c1-17-15-21(24-16-18-7-9-23-10-8-18)27-22(25-17)26-19-3-5-20(6-4-19)29-13-11-28(2)12-14-29/h3-10,15H,11-14,16H2,1-2H3,(H2,24,25,26,27). The molecule has 0 atom stereocenters. The zero-order chi connectivity index (χ0) is 20.1. The summed E-state index contributed by atoms with van der Waals surface area (Å²) < 4.78 is 0. The van der Waals surface area contributed by atoms with E-state index in [4.69, 9.17) is 0 Å². The van der Waals surface area contributed by atoms with Crippen molar-refractivity contribution in [2.45, 2.75) is 13.5 Å². The maximum Gasteiger partial charge on any atom is 0.229 e. The largest absolute Gasteiger partial charge is 0.369 e. The van der Waals surface area contributed by atoms with Gasteiger partial charge in [-0.3, -0.25) is 4.98 Å². The quantitative estimate of drug-likeness (QED) is 0.670. The first-order valence-corrected chi connectivity index (χ1v) is 9.95. The molecule has 4 rings (SSSR count). The molecule has 7 heteroatoms. The van der Waals surface area contributed by atoms with E-state index in [0.717, 1.165) is 48.9 Å². The van der Waals surface area contributed by atoms with Crippen molar-refractivity contribution in [2.24, 2.45) is 0 Å². The van der Waals surface area contributed by atoms with Gasteiger partial charge in [0.1, 0.15) is 5.82 Å². The minimum absolute atomic E-state index is 0.592. The van der Waals surface area contributed by atoms with Crippen molar-refractivity contribution in [1.82, 2.24) is 19.9 Å². The molecule has 0 amide bonds. The molecule has 1 aliphatic heterocycles. The Morgan fingerprint density at radius 3 is 2.38 bits per heavy atom. The van der Waals surface area contributed by atoms with E-state index in [1.807, 2.05) is 25.1 Å². The first-order chi connectivity index (χ1) is 14.2. The third kappa shape index (κ3) is 5.20. The predicted octanol–water partition coefficient (Wildman–Crippen LogP) is 3.29. The van der Waals surface area contributed by atoms with Crippen LogP contribution in [0.3, 0.4) is 0 Å². The van der Waals surface area contributed by atoms with Crippen molar-refractivity contribution in [3.05, 3.63) is 66.1 Å².